The number of benzene rings is 1. The molecule has 3 heterocycles. The lowest BCUT2D eigenvalue weighted by atomic mass is 10.1. The van der Waals surface area contributed by atoms with Crippen LogP contribution in [0.3, 0.4) is 0 Å². The van der Waals surface area contributed by atoms with Crippen LogP contribution in [0.15, 0.2) is 30.6 Å². The predicted molar refractivity (Wildman–Crippen MR) is 98.8 cm³/mol. The molecule has 0 aliphatic carbocycles. The number of amides is 2. The number of aliphatic hydroxyl groups is 1. The number of hydrogen-bond donors (Lipinski definition) is 2. The number of nitrogens with zero attached hydrogens (tertiary/aromatic N) is 3. The molecule has 2 aliphatic heterocycles. The van der Waals surface area contributed by atoms with E-state index in [1.54, 1.807) is 11.2 Å². The number of carbonyl (C=O) groups excluding carboxylic acids is 2. The van der Waals surface area contributed by atoms with E-state index in [0.29, 0.717) is 18.8 Å². The highest BCUT2D eigenvalue weighted by atomic mass is 16.6. The maximum absolute atomic E-state index is 12.1. The van der Waals surface area contributed by atoms with Gasteiger partial charge in [-0.2, -0.15) is 0 Å². The first kappa shape index (κ1) is 17.3. The first-order valence-corrected chi connectivity index (χ1v) is 8.73. The van der Waals surface area contributed by atoms with Crippen LogP contribution in [0.4, 0.5) is 10.5 Å². The number of anilines is 1. The Hall–Kier alpha value is -3.13. The molecule has 4 rings (SSSR count). The molecule has 1 unspecified atom stereocenters. The van der Waals surface area contributed by atoms with E-state index < -0.39 is 6.09 Å². The Morgan fingerprint density at radius 3 is 2.85 bits per heavy atom. The van der Waals surface area contributed by atoms with Crippen LogP contribution >= 0.6 is 0 Å². The summed E-state index contributed by atoms with van der Waals surface area (Å²) in [6.07, 6.45) is 3.34. The van der Waals surface area contributed by atoms with Crippen molar-refractivity contribution in [2.45, 2.75) is 26.1 Å². The number of imidazole rings is 1. The van der Waals surface area contributed by atoms with Crippen LogP contribution < -0.4 is 10.2 Å². The van der Waals surface area contributed by atoms with Gasteiger partial charge in [0.15, 0.2) is 0 Å². The summed E-state index contributed by atoms with van der Waals surface area (Å²) >= 11 is 0. The molecule has 0 radical (unpaired) electrons. The first-order valence-electron chi connectivity index (χ1n) is 8.73. The Labute approximate surface area is 156 Å². The smallest absolute Gasteiger partial charge is 0.414 e. The number of nitrogens with one attached hydrogen (secondary N) is 1. The average molecular weight is 368 g/mol. The number of aliphatic hydroxyl groups excluding tert-OH is 1. The van der Waals surface area contributed by atoms with Crippen molar-refractivity contribution in [1.29, 1.82) is 0 Å². The molecule has 0 bridgehead atoms. The topological polar surface area (TPSA) is 96.7 Å². The van der Waals surface area contributed by atoms with Gasteiger partial charge in [-0.1, -0.05) is 12.1 Å². The van der Waals surface area contributed by atoms with Gasteiger partial charge in [0, 0.05) is 25.7 Å². The molecule has 1 saturated heterocycles. The highest BCUT2D eigenvalue weighted by molar-refractivity contribution is 5.91. The van der Waals surface area contributed by atoms with Crippen LogP contribution in [0, 0.1) is 0 Å². The Morgan fingerprint density at radius 1 is 1.37 bits per heavy atom. The summed E-state index contributed by atoms with van der Waals surface area (Å²) in [4.78, 5) is 29.0. The quantitative estimate of drug-likeness (QED) is 0.831. The predicted octanol–water partition coefficient (Wildman–Crippen LogP) is 1.39. The van der Waals surface area contributed by atoms with Gasteiger partial charge in [-0.15, -0.1) is 0 Å². The number of ether oxygens (including phenoxy) is 1. The van der Waals surface area contributed by atoms with Crippen LogP contribution in [0.1, 0.15) is 23.9 Å². The van der Waals surface area contributed by atoms with E-state index >= 15 is 0 Å². The number of cyclic esters (lactones) is 1. The minimum atomic E-state index is -0.409. The largest absolute Gasteiger partial charge is 0.447 e. The summed E-state index contributed by atoms with van der Waals surface area (Å²) in [7, 11) is 0. The fourth-order valence-corrected chi connectivity index (χ4v) is 3.44. The summed E-state index contributed by atoms with van der Waals surface area (Å²) in [5, 5.41) is 12.1. The molecule has 0 spiro atoms. The van der Waals surface area contributed by atoms with Crippen molar-refractivity contribution < 1.29 is 19.4 Å². The SMILES string of the molecule is CC(=O)NCC1COC(=O)N1c1ccc(C2=Cc3c(CO)ncn3C2)cc1. The molecular formula is C19H20N4O4. The van der Waals surface area contributed by atoms with Crippen LogP contribution in [-0.4, -0.2) is 45.9 Å². The summed E-state index contributed by atoms with van der Waals surface area (Å²) < 4.78 is 7.14. The maximum atomic E-state index is 12.1. The van der Waals surface area contributed by atoms with Gasteiger partial charge in [0.05, 0.1) is 30.4 Å². The third-order valence-electron chi connectivity index (χ3n) is 4.82. The number of aromatic nitrogens is 2. The molecule has 2 aromatic rings. The van der Waals surface area contributed by atoms with E-state index in [2.05, 4.69) is 10.3 Å². The van der Waals surface area contributed by atoms with Gasteiger partial charge in [0.1, 0.15) is 6.61 Å². The van der Waals surface area contributed by atoms with Gasteiger partial charge in [-0.3, -0.25) is 9.69 Å². The molecule has 27 heavy (non-hydrogen) atoms. The first-order chi connectivity index (χ1) is 13.1. The van der Waals surface area contributed by atoms with E-state index in [1.807, 2.05) is 34.9 Å². The molecule has 8 heteroatoms. The van der Waals surface area contributed by atoms with E-state index in [0.717, 1.165) is 22.5 Å². The van der Waals surface area contributed by atoms with Crippen molar-refractivity contribution in [3.05, 3.63) is 47.5 Å². The van der Waals surface area contributed by atoms with Gasteiger partial charge < -0.3 is 19.7 Å². The Morgan fingerprint density at radius 2 is 2.15 bits per heavy atom. The molecule has 1 aromatic heterocycles. The lowest BCUT2D eigenvalue weighted by Gasteiger charge is -2.21. The van der Waals surface area contributed by atoms with Crippen LogP contribution in [0.2, 0.25) is 0 Å². The fourth-order valence-electron chi connectivity index (χ4n) is 3.44. The second kappa shape index (κ2) is 6.88. The van der Waals surface area contributed by atoms with Crippen molar-refractivity contribution in [2.75, 3.05) is 18.1 Å². The van der Waals surface area contributed by atoms with Crippen molar-refractivity contribution >= 4 is 29.3 Å². The van der Waals surface area contributed by atoms with Crippen molar-refractivity contribution in [2.24, 2.45) is 0 Å². The van der Waals surface area contributed by atoms with Crippen LogP contribution in [0.5, 0.6) is 0 Å². The number of carbonyl (C=O) groups is 2. The zero-order chi connectivity index (χ0) is 19.0. The molecule has 2 N–H and O–H groups in total. The Bertz CT molecular complexity index is 916. The second-order valence-corrected chi connectivity index (χ2v) is 6.62. The standard InChI is InChI=1S/C19H20N4O4/c1-12(25)20-7-16-10-27-19(26)23(16)15-4-2-13(3-5-15)14-6-18-17(9-24)21-11-22(18)8-14/h2-6,11,16,24H,7-10H2,1H3,(H,20,25). The van der Waals surface area contributed by atoms with Gasteiger partial charge in [0.25, 0.3) is 0 Å². The van der Waals surface area contributed by atoms with E-state index in [-0.39, 0.29) is 25.2 Å². The van der Waals surface area contributed by atoms with Crippen molar-refractivity contribution in [3.8, 4) is 0 Å². The summed E-state index contributed by atoms with van der Waals surface area (Å²) in [5.41, 5.74) is 4.48. The lowest BCUT2D eigenvalue weighted by molar-refractivity contribution is -0.119. The minimum Gasteiger partial charge on any atom is -0.447 e. The number of hydrogen-bond acceptors (Lipinski definition) is 5. The zero-order valence-electron chi connectivity index (χ0n) is 14.9. The summed E-state index contributed by atoms with van der Waals surface area (Å²) in [6, 6.07) is 7.45. The summed E-state index contributed by atoms with van der Waals surface area (Å²) in [5.74, 6) is -0.140. The molecular weight excluding hydrogens is 348 g/mol. The fraction of sp³-hybridized carbons (Fsp3) is 0.316. The molecule has 140 valence electrons. The summed E-state index contributed by atoms with van der Waals surface area (Å²) in [6.45, 7) is 2.65. The molecule has 1 aromatic carbocycles. The minimum absolute atomic E-state index is 0.0855. The average Bonchev–Trinajstić information content (AvgIpc) is 3.34. The highest BCUT2D eigenvalue weighted by Gasteiger charge is 2.34. The number of fused-ring (bicyclic) bond motifs is 1. The molecule has 2 amide bonds. The monoisotopic (exact) mass is 368 g/mol. The highest BCUT2D eigenvalue weighted by Crippen LogP contribution is 2.31. The van der Waals surface area contributed by atoms with Crippen LogP contribution in [0.25, 0.3) is 11.6 Å². The van der Waals surface area contributed by atoms with Crippen molar-refractivity contribution in [1.82, 2.24) is 14.9 Å². The maximum Gasteiger partial charge on any atom is 0.414 e. The number of rotatable bonds is 5. The van der Waals surface area contributed by atoms with Crippen LogP contribution in [-0.2, 0) is 22.7 Å². The van der Waals surface area contributed by atoms with E-state index in [1.165, 1.54) is 6.92 Å². The Balaban J connectivity index is 1.53. The van der Waals surface area contributed by atoms with Crippen molar-refractivity contribution in [3.63, 3.8) is 0 Å². The molecule has 8 nitrogen and oxygen atoms in total. The van der Waals surface area contributed by atoms with E-state index in [4.69, 9.17) is 4.74 Å². The van der Waals surface area contributed by atoms with Gasteiger partial charge in [-0.05, 0) is 29.3 Å². The lowest BCUT2D eigenvalue weighted by Crippen LogP contribution is -2.42. The normalized spacial score (nSPS) is 18.3. The second-order valence-electron chi connectivity index (χ2n) is 6.62. The molecule has 2 aliphatic rings. The molecule has 1 fully saturated rings. The third kappa shape index (κ3) is 3.19. The van der Waals surface area contributed by atoms with Gasteiger partial charge in [-0.25, -0.2) is 9.78 Å². The van der Waals surface area contributed by atoms with Gasteiger partial charge >= 0.3 is 6.09 Å². The van der Waals surface area contributed by atoms with E-state index in [9.17, 15) is 14.7 Å². The zero-order valence-corrected chi connectivity index (χ0v) is 14.9. The molecule has 1 atom stereocenters. The Kier molecular flexibility index (Phi) is 4.41. The van der Waals surface area contributed by atoms with Gasteiger partial charge in [0.2, 0.25) is 5.91 Å². The third-order valence-corrected chi connectivity index (χ3v) is 4.82. The number of allylic oxidation sites excluding steroid dienone is 1. The molecule has 0 saturated carbocycles.